The van der Waals surface area contributed by atoms with Crippen LogP contribution in [0.25, 0.3) is 0 Å². The number of rotatable bonds is 3. The van der Waals surface area contributed by atoms with Gasteiger partial charge in [0.15, 0.2) is 5.57 Å². The van der Waals surface area contributed by atoms with E-state index in [1.165, 1.54) is 32.0 Å². The van der Waals surface area contributed by atoms with Crippen LogP contribution in [0.4, 0.5) is 11.4 Å². The molecule has 0 aromatic heterocycles. The molecule has 9 heteroatoms. The number of ether oxygens (including phenoxy) is 2. The summed E-state index contributed by atoms with van der Waals surface area (Å²) in [7, 11) is 0. The lowest BCUT2D eigenvalue weighted by molar-refractivity contribution is -0.385. The van der Waals surface area contributed by atoms with E-state index < -0.39 is 22.6 Å². The molecule has 1 N–H and O–H groups in total. The minimum absolute atomic E-state index is 0.154. The normalized spacial score (nSPS) is 16.6. The van der Waals surface area contributed by atoms with Crippen LogP contribution in [0.5, 0.6) is 0 Å². The zero-order valence-electron chi connectivity index (χ0n) is 11.6. The second-order valence-corrected chi connectivity index (χ2v) is 5.66. The number of anilines is 1. The number of cyclic esters (lactones) is 2. The Morgan fingerprint density at radius 2 is 1.86 bits per heavy atom. The van der Waals surface area contributed by atoms with Crippen molar-refractivity contribution in [2.75, 3.05) is 5.32 Å². The molecule has 1 aromatic carbocycles. The van der Waals surface area contributed by atoms with Crippen molar-refractivity contribution in [1.29, 1.82) is 0 Å². The molecule has 1 saturated heterocycles. The van der Waals surface area contributed by atoms with Crippen molar-refractivity contribution in [2.24, 2.45) is 0 Å². The van der Waals surface area contributed by atoms with Crippen molar-refractivity contribution >= 4 is 39.2 Å². The van der Waals surface area contributed by atoms with Gasteiger partial charge in [-0.25, -0.2) is 9.59 Å². The minimum atomic E-state index is -1.32. The summed E-state index contributed by atoms with van der Waals surface area (Å²) in [5.41, 5.74) is -0.156. The van der Waals surface area contributed by atoms with Crippen molar-refractivity contribution in [2.45, 2.75) is 19.6 Å². The van der Waals surface area contributed by atoms with Crippen LogP contribution in [0.1, 0.15) is 13.8 Å². The molecule has 0 aliphatic carbocycles. The molecule has 116 valence electrons. The fourth-order valence-corrected chi connectivity index (χ4v) is 2.07. The Kier molecular flexibility index (Phi) is 4.18. The zero-order valence-corrected chi connectivity index (χ0v) is 13.2. The number of carbonyl (C=O) groups is 2. The Hall–Kier alpha value is -2.42. The second kappa shape index (κ2) is 5.76. The monoisotopic (exact) mass is 370 g/mol. The Labute approximate surface area is 133 Å². The highest BCUT2D eigenvalue weighted by Gasteiger charge is 2.38. The van der Waals surface area contributed by atoms with Crippen molar-refractivity contribution < 1.29 is 24.0 Å². The van der Waals surface area contributed by atoms with Crippen LogP contribution < -0.4 is 5.32 Å². The van der Waals surface area contributed by atoms with Crippen LogP contribution in [0.2, 0.25) is 0 Å². The predicted molar refractivity (Wildman–Crippen MR) is 78.8 cm³/mol. The van der Waals surface area contributed by atoms with Crippen molar-refractivity contribution in [3.63, 3.8) is 0 Å². The third-order valence-electron chi connectivity index (χ3n) is 2.64. The highest BCUT2D eigenvalue weighted by molar-refractivity contribution is 9.10. The highest BCUT2D eigenvalue weighted by atomic mass is 79.9. The van der Waals surface area contributed by atoms with Gasteiger partial charge in [0.2, 0.25) is 0 Å². The van der Waals surface area contributed by atoms with Crippen LogP contribution >= 0.6 is 15.9 Å². The van der Waals surface area contributed by atoms with E-state index in [-0.39, 0.29) is 11.3 Å². The van der Waals surface area contributed by atoms with Gasteiger partial charge >= 0.3 is 11.9 Å². The SMILES string of the molecule is CC1(C)OC(=O)C(=CNc2ccc(Br)c([N+](=O)[O-])c2)C(=O)O1. The molecule has 1 aliphatic heterocycles. The van der Waals surface area contributed by atoms with Gasteiger partial charge in [-0.3, -0.25) is 10.1 Å². The Morgan fingerprint density at radius 3 is 2.41 bits per heavy atom. The van der Waals surface area contributed by atoms with E-state index in [2.05, 4.69) is 21.2 Å². The summed E-state index contributed by atoms with van der Waals surface area (Å²) < 4.78 is 10.2. The lowest BCUT2D eigenvalue weighted by Gasteiger charge is -2.29. The summed E-state index contributed by atoms with van der Waals surface area (Å²) >= 11 is 3.06. The first kappa shape index (κ1) is 16.0. The average molecular weight is 371 g/mol. The second-order valence-electron chi connectivity index (χ2n) is 4.80. The number of benzene rings is 1. The summed E-state index contributed by atoms with van der Waals surface area (Å²) in [6.45, 7) is 2.87. The fraction of sp³-hybridized carbons (Fsp3) is 0.231. The van der Waals surface area contributed by atoms with Gasteiger partial charge in [-0.2, -0.15) is 0 Å². The van der Waals surface area contributed by atoms with Crippen molar-refractivity contribution in [3.05, 3.63) is 44.6 Å². The van der Waals surface area contributed by atoms with E-state index >= 15 is 0 Å². The predicted octanol–water partition coefficient (Wildman–Crippen LogP) is 2.49. The first-order chi connectivity index (χ1) is 10.2. The highest BCUT2D eigenvalue weighted by Crippen LogP contribution is 2.28. The van der Waals surface area contributed by atoms with E-state index in [1.807, 2.05) is 0 Å². The van der Waals surface area contributed by atoms with Gasteiger partial charge in [-0.15, -0.1) is 0 Å². The maximum absolute atomic E-state index is 11.7. The summed E-state index contributed by atoms with van der Waals surface area (Å²) in [5, 5.41) is 13.5. The first-order valence-corrected chi connectivity index (χ1v) is 6.86. The van der Waals surface area contributed by atoms with Crippen molar-refractivity contribution in [1.82, 2.24) is 0 Å². The number of hydrogen-bond acceptors (Lipinski definition) is 7. The Bertz CT molecular complexity index is 676. The van der Waals surface area contributed by atoms with Gasteiger partial charge < -0.3 is 14.8 Å². The smallest absolute Gasteiger partial charge is 0.350 e. The molecule has 8 nitrogen and oxygen atoms in total. The maximum atomic E-state index is 11.7. The Balaban J connectivity index is 2.22. The topological polar surface area (TPSA) is 108 Å². The summed E-state index contributed by atoms with van der Waals surface area (Å²) in [6, 6.07) is 4.27. The molecular weight excluding hydrogens is 360 g/mol. The third-order valence-corrected chi connectivity index (χ3v) is 3.31. The number of halogens is 1. The number of esters is 2. The van der Waals surface area contributed by atoms with Gasteiger partial charge in [0.1, 0.15) is 0 Å². The lowest BCUT2D eigenvalue weighted by atomic mass is 10.2. The first-order valence-electron chi connectivity index (χ1n) is 6.07. The number of carbonyl (C=O) groups excluding carboxylic acids is 2. The molecule has 1 heterocycles. The van der Waals surface area contributed by atoms with Crippen LogP contribution in [-0.2, 0) is 19.1 Å². The zero-order chi connectivity index (χ0) is 16.5. The average Bonchev–Trinajstić information content (AvgIpc) is 2.37. The largest absolute Gasteiger partial charge is 0.419 e. The van der Waals surface area contributed by atoms with E-state index in [0.717, 1.165) is 6.20 Å². The van der Waals surface area contributed by atoms with Crippen LogP contribution in [0.3, 0.4) is 0 Å². The number of nitro benzene ring substituents is 1. The molecule has 0 spiro atoms. The molecule has 0 amide bonds. The number of nitrogens with one attached hydrogen (secondary N) is 1. The molecule has 0 unspecified atom stereocenters. The van der Waals surface area contributed by atoms with E-state index in [9.17, 15) is 19.7 Å². The molecule has 0 saturated carbocycles. The van der Waals surface area contributed by atoms with Gasteiger partial charge in [-0.1, -0.05) is 0 Å². The van der Waals surface area contributed by atoms with E-state index in [0.29, 0.717) is 10.2 Å². The van der Waals surface area contributed by atoms with Crippen LogP contribution in [0.15, 0.2) is 34.4 Å². The molecule has 1 fully saturated rings. The van der Waals surface area contributed by atoms with Crippen LogP contribution in [-0.4, -0.2) is 22.6 Å². The molecule has 22 heavy (non-hydrogen) atoms. The van der Waals surface area contributed by atoms with E-state index in [1.54, 1.807) is 0 Å². The molecule has 0 radical (unpaired) electrons. The number of nitrogens with zero attached hydrogens (tertiary/aromatic N) is 1. The summed E-state index contributed by atoms with van der Waals surface area (Å²) in [5.74, 6) is -2.98. The lowest BCUT2D eigenvalue weighted by Crippen LogP contribution is -2.42. The molecule has 0 atom stereocenters. The molecule has 2 rings (SSSR count). The minimum Gasteiger partial charge on any atom is -0.419 e. The third kappa shape index (κ3) is 3.42. The van der Waals surface area contributed by atoms with Gasteiger partial charge in [0, 0.05) is 31.8 Å². The summed E-state index contributed by atoms with van der Waals surface area (Å²) in [6.07, 6.45) is 1.09. The van der Waals surface area contributed by atoms with Crippen LogP contribution in [0, 0.1) is 10.1 Å². The van der Waals surface area contributed by atoms with E-state index in [4.69, 9.17) is 9.47 Å². The van der Waals surface area contributed by atoms with Crippen molar-refractivity contribution in [3.8, 4) is 0 Å². The van der Waals surface area contributed by atoms with Gasteiger partial charge in [0.05, 0.1) is 9.40 Å². The fourth-order valence-electron chi connectivity index (χ4n) is 1.68. The Morgan fingerprint density at radius 1 is 1.27 bits per heavy atom. The number of nitro groups is 1. The molecular formula is C13H11BrN2O6. The quantitative estimate of drug-likeness (QED) is 0.286. The molecule has 1 aliphatic rings. The number of hydrogen-bond donors (Lipinski definition) is 1. The summed E-state index contributed by atoms with van der Waals surface area (Å²) in [4.78, 5) is 33.7. The molecule has 0 bridgehead atoms. The maximum Gasteiger partial charge on any atom is 0.350 e. The van der Waals surface area contributed by atoms with Gasteiger partial charge in [0.25, 0.3) is 11.5 Å². The van der Waals surface area contributed by atoms with Gasteiger partial charge in [-0.05, 0) is 28.1 Å². The standard InChI is InChI=1S/C13H11BrN2O6/c1-13(2)21-11(17)8(12(18)22-13)6-15-7-3-4-9(14)10(5-7)16(19)20/h3-6,15H,1-2H3. The molecule has 1 aromatic rings.